The molecule has 32 heavy (non-hydrogen) atoms. The van der Waals surface area contributed by atoms with Crippen molar-refractivity contribution >= 4 is 0 Å². The normalized spacial score (nSPS) is 16.0. The van der Waals surface area contributed by atoms with Crippen LogP contribution in [-0.4, -0.2) is 33.6 Å². The van der Waals surface area contributed by atoms with Gasteiger partial charge in [0.2, 0.25) is 0 Å². The number of rotatable bonds is 7. The zero-order valence-corrected chi connectivity index (χ0v) is 19.7. The van der Waals surface area contributed by atoms with Gasteiger partial charge in [-0.25, -0.2) is 0 Å². The van der Waals surface area contributed by atoms with E-state index in [4.69, 9.17) is 0 Å². The molecule has 1 aliphatic rings. The van der Waals surface area contributed by atoms with Gasteiger partial charge in [-0.2, -0.15) is 0 Å². The molecule has 0 aromatic heterocycles. The summed E-state index contributed by atoms with van der Waals surface area (Å²) in [5.74, 6) is 0.780. The molecular weight excluding hydrogens is 400 g/mol. The minimum atomic E-state index is -0.122. The Bertz CT molecular complexity index is 818. The van der Waals surface area contributed by atoms with Gasteiger partial charge in [-0.1, -0.05) is 62.8 Å². The van der Waals surface area contributed by atoms with E-state index in [1.165, 1.54) is 25.7 Å². The molecule has 0 amide bonds. The first-order valence-corrected chi connectivity index (χ1v) is 12.3. The topological polar surface area (TPSA) is 80.9 Å². The Morgan fingerprint density at radius 3 is 1.50 bits per heavy atom. The second-order valence-electron chi connectivity index (χ2n) is 9.58. The van der Waals surface area contributed by atoms with Gasteiger partial charge in [-0.15, -0.1) is 0 Å². The molecule has 0 saturated heterocycles. The van der Waals surface area contributed by atoms with E-state index in [9.17, 15) is 20.4 Å². The third kappa shape index (κ3) is 5.85. The van der Waals surface area contributed by atoms with Gasteiger partial charge in [0.1, 0.15) is 11.5 Å². The first kappa shape index (κ1) is 24.6. The third-order valence-electron chi connectivity index (χ3n) is 7.12. The largest absolute Gasteiger partial charge is 0.507 e. The molecule has 0 radical (unpaired) electrons. The average molecular weight is 441 g/mol. The highest BCUT2D eigenvalue weighted by atomic mass is 16.3. The Morgan fingerprint density at radius 2 is 1.09 bits per heavy atom. The highest BCUT2D eigenvalue weighted by Crippen LogP contribution is 2.47. The van der Waals surface area contributed by atoms with E-state index in [2.05, 4.69) is 0 Å². The summed E-state index contributed by atoms with van der Waals surface area (Å²) in [7, 11) is 0. The van der Waals surface area contributed by atoms with Crippen molar-refractivity contribution in [2.45, 2.75) is 84.0 Å². The minimum Gasteiger partial charge on any atom is -0.507 e. The predicted molar refractivity (Wildman–Crippen MR) is 130 cm³/mol. The lowest BCUT2D eigenvalue weighted by atomic mass is 9.74. The molecule has 176 valence electrons. The number of benzene rings is 2. The van der Waals surface area contributed by atoms with Crippen LogP contribution in [0.15, 0.2) is 24.3 Å². The maximum absolute atomic E-state index is 11.2. The summed E-state index contributed by atoms with van der Waals surface area (Å²) in [6, 6.07) is 7.96. The number of hydrogen-bond donors (Lipinski definition) is 4. The van der Waals surface area contributed by atoms with Crippen LogP contribution >= 0.6 is 0 Å². The number of phenolic OH excluding ortho intramolecular Hbond substituents is 2. The van der Waals surface area contributed by atoms with Gasteiger partial charge in [-0.3, -0.25) is 0 Å². The maximum atomic E-state index is 11.2. The fourth-order valence-electron chi connectivity index (χ4n) is 5.46. The number of aliphatic hydroxyl groups excluding tert-OH is 2. The zero-order valence-electron chi connectivity index (χ0n) is 19.7. The van der Waals surface area contributed by atoms with Gasteiger partial charge in [0.15, 0.2) is 0 Å². The monoisotopic (exact) mass is 440 g/mol. The molecule has 1 saturated carbocycles. The Kier molecular flexibility index (Phi) is 9.01. The van der Waals surface area contributed by atoms with Crippen molar-refractivity contribution in [3.63, 3.8) is 0 Å². The fraction of sp³-hybridized carbons (Fsp3) is 0.571. The van der Waals surface area contributed by atoms with Crippen LogP contribution < -0.4 is 0 Å². The van der Waals surface area contributed by atoms with E-state index in [-0.39, 0.29) is 19.1 Å². The van der Waals surface area contributed by atoms with Crippen molar-refractivity contribution in [2.75, 3.05) is 13.2 Å². The van der Waals surface area contributed by atoms with Crippen LogP contribution in [0.3, 0.4) is 0 Å². The van der Waals surface area contributed by atoms with Crippen LogP contribution in [0.1, 0.15) is 90.7 Å². The van der Waals surface area contributed by atoms with Gasteiger partial charge >= 0.3 is 0 Å². The summed E-state index contributed by atoms with van der Waals surface area (Å²) in [6.07, 6.45) is 10.6. The van der Waals surface area contributed by atoms with Crippen LogP contribution in [0.2, 0.25) is 0 Å². The summed E-state index contributed by atoms with van der Waals surface area (Å²) < 4.78 is 0. The fourth-order valence-corrected chi connectivity index (χ4v) is 5.46. The Hall–Kier alpha value is -2.04. The summed E-state index contributed by atoms with van der Waals surface area (Å²) in [4.78, 5) is 0. The quantitative estimate of drug-likeness (QED) is 0.447. The lowest BCUT2D eigenvalue weighted by Gasteiger charge is -2.31. The van der Waals surface area contributed by atoms with Crippen LogP contribution in [0.25, 0.3) is 0 Å². The Labute approximate surface area is 192 Å². The molecule has 0 unspecified atom stereocenters. The molecule has 1 fully saturated rings. The van der Waals surface area contributed by atoms with Crippen molar-refractivity contribution in [2.24, 2.45) is 5.92 Å². The van der Waals surface area contributed by atoms with E-state index in [1.807, 2.05) is 38.1 Å². The number of aryl methyl sites for hydroxylation is 2. The standard InChI is InChI=1S/C28H40O4/c1-19-15-21(11-13-29)17-24(27(19)31)26(23-9-7-5-3-4-6-8-10-23)25-18-22(12-14-30)16-20(2)28(25)32/h15-18,23,26,29-32H,3-14H2,1-2H3. The smallest absolute Gasteiger partial charge is 0.122 e. The van der Waals surface area contributed by atoms with Gasteiger partial charge in [-0.05, 0) is 67.7 Å². The number of phenols is 2. The summed E-state index contributed by atoms with van der Waals surface area (Å²) in [6.45, 7) is 3.95. The lowest BCUT2D eigenvalue weighted by Crippen LogP contribution is -2.17. The van der Waals surface area contributed by atoms with Crippen LogP contribution in [0, 0.1) is 19.8 Å². The van der Waals surface area contributed by atoms with E-state index >= 15 is 0 Å². The SMILES string of the molecule is Cc1cc(CCO)cc(C(c2cc(CCO)cc(C)c2O)C2CCCCCCCC2)c1O. The van der Waals surface area contributed by atoms with Crippen molar-refractivity contribution in [1.82, 2.24) is 0 Å². The molecular formula is C28H40O4. The Morgan fingerprint density at radius 1 is 0.688 bits per heavy atom. The van der Waals surface area contributed by atoms with Gasteiger partial charge in [0.25, 0.3) is 0 Å². The van der Waals surface area contributed by atoms with E-state index < -0.39 is 0 Å². The molecule has 4 nitrogen and oxygen atoms in total. The predicted octanol–water partition coefficient (Wildman–Crippen LogP) is 5.67. The first-order valence-electron chi connectivity index (χ1n) is 12.3. The highest BCUT2D eigenvalue weighted by Gasteiger charge is 2.31. The van der Waals surface area contributed by atoms with Crippen LogP contribution in [0.4, 0.5) is 0 Å². The first-order chi connectivity index (χ1) is 15.5. The summed E-state index contributed by atoms with van der Waals surface area (Å²) >= 11 is 0. The van der Waals surface area contributed by atoms with Gasteiger partial charge < -0.3 is 20.4 Å². The summed E-state index contributed by atoms with van der Waals surface area (Å²) in [5, 5.41) is 41.4. The molecule has 4 N–H and O–H groups in total. The van der Waals surface area contributed by atoms with Crippen molar-refractivity contribution in [3.05, 3.63) is 57.6 Å². The van der Waals surface area contributed by atoms with Crippen molar-refractivity contribution in [1.29, 1.82) is 0 Å². The molecule has 2 aromatic carbocycles. The molecule has 0 bridgehead atoms. The number of aromatic hydroxyl groups is 2. The van der Waals surface area contributed by atoms with E-state index in [0.717, 1.165) is 59.1 Å². The molecule has 1 aliphatic carbocycles. The van der Waals surface area contributed by atoms with Gasteiger partial charge in [0.05, 0.1) is 0 Å². The Balaban J connectivity index is 2.19. The zero-order chi connectivity index (χ0) is 23.1. The van der Waals surface area contributed by atoms with Crippen LogP contribution in [-0.2, 0) is 12.8 Å². The molecule has 4 heteroatoms. The third-order valence-corrected chi connectivity index (χ3v) is 7.12. The van der Waals surface area contributed by atoms with E-state index in [0.29, 0.717) is 30.3 Å². The molecule has 0 aliphatic heterocycles. The highest BCUT2D eigenvalue weighted by molar-refractivity contribution is 5.54. The van der Waals surface area contributed by atoms with Crippen LogP contribution in [0.5, 0.6) is 11.5 Å². The van der Waals surface area contributed by atoms with Crippen molar-refractivity contribution < 1.29 is 20.4 Å². The van der Waals surface area contributed by atoms with Gasteiger partial charge in [0, 0.05) is 30.3 Å². The molecule has 3 rings (SSSR count). The number of hydrogen-bond acceptors (Lipinski definition) is 4. The molecule has 0 spiro atoms. The second kappa shape index (κ2) is 11.7. The molecule has 0 heterocycles. The van der Waals surface area contributed by atoms with Crippen molar-refractivity contribution in [3.8, 4) is 11.5 Å². The average Bonchev–Trinajstić information content (AvgIpc) is 2.89. The lowest BCUT2D eigenvalue weighted by molar-refractivity contribution is 0.299. The minimum absolute atomic E-state index is 0.0636. The second-order valence-corrected chi connectivity index (χ2v) is 9.58. The molecule has 0 atom stereocenters. The maximum Gasteiger partial charge on any atom is 0.122 e. The summed E-state index contributed by atoms with van der Waals surface area (Å²) in [5.41, 5.74) is 5.34. The molecule has 2 aromatic rings. The number of aliphatic hydroxyl groups is 2. The van der Waals surface area contributed by atoms with E-state index in [1.54, 1.807) is 0 Å².